The van der Waals surface area contributed by atoms with Crippen molar-refractivity contribution in [1.82, 2.24) is 9.55 Å². The monoisotopic (exact) mass is 479 g/mol. The summed E-state index contributed by atoms with van der Waals surface area (Å²) < 4.78 is 14.3. The van der Waals surface area contributed by atoms with Gasteiger partial charge in [-0.25, -0.2) is 0 Å². The molecule has 0 saturated heterocycles. The van der Waals surface area contributed by atoms with Gasteiger partial charge in [-0.15, -0.1) is 0 Å². The molecular weight excluding hydrogens is 458 g/mol. The lowest BCUT2D eigenvalue weighted by atomic mass is 10.2. The van der Waals surface area contributed by atoms with Crippen LogP contribution in [-0.2, 0) is 17.9 Å². The van der Waals surface area contributed by atoms with E-state index in [2.05, 4.69) is 26.2 Å². The van der Waals surface area contributed by atoms with Crippen molar-refractivity contribution in [2.75, 3.05) is 12.4 Å². The Morgan fingerprint density at radius 2 is 1.97 bits per heavy atom. The zero-order valence-electron chi connectivity index (χ0n) is 17.3. The van der Waals surface area contributed by atoms with E-state index in [1.807, 2.05) is 47.9 Å². The number of fused-ring (bicyclic) bond motifs is 1. The van der Waals surface area contributed by atoms with Crippen molar-refractivity contribution in [2.24, 2.45) is 0 Å². The van der Waals surface area contributed by atoms with Gasteiger partial charge in [0.25, 0.3) is 0 Å². The molecule has 1 amide bonds. The third kappa shape index (κ3) is 4.56. The van der Waals surface area contributed by atoms with Gasteiger partial charge in [-0.3, -0.25) is 9.78 Å². The highest BCUT2D eigenvalue weighted by molar-refractivity contribution is 9.10. The molecule has 0 radical (unpaired) electrons. The van der Waals surface area contributed by atoms with Crippen LogP contribution in [0, 0.1) is 6.92 Å². The van der Waals surface area contributed by atoms with Gasteiger partial charge in [-0.05, 0) is 47.1 Å². The number of nitrogens with zero attached hydrogens (tertiary/aromatic N) is 2. The zero-order valence-corrected chi connectivity index (χ0v) is 18.8. The average Bonchev–Trinajstić information content (AvgIpc) is 3.03. The first-order chi connectivity index (χ1) is 15.1. The first-order valence-corrected chi connectivity index (χ1v) is 10.6. The molecule has 0 bridgehead atoms. The lowest BCUT2D eigenvalue weighted by Crippen LogP contribution is -2.19. The molecule has 2 aromatic heterocycles. The van der Waals surface area contributed by atoms with Crippen LogP contribution in [0.3, 0.4) is 0 Å². The van der Waals surface area contributed by atoms with Gasteiger partial charge in [0.05, 0.1) is 7.11 Å². The van der Waals surface area contributed by atoms with Crippen molar-refractivity contribution < 1.29 is 14.3 Å². The molecule has 2 heterocycles. The van der Waals surface area contributed by atoms with E-state index in [1.165, 1.54) is 0 Å². The summed E-state index contributed by atoms with van der Waals surface area (Å²) in [6, 6.07) is 17.1. The Morgan fingerprint density at radius 1 is 1.13 bits per heavy atom. The van der Waals surface area contributed by atoms with E-state index >= 15 is 0 Å². The van der Waals surface area contributed by atoms with Crippen LogP contribution in [0.1, 0.15) is 11.3 Å². The van der Waals surface area contributed by atoms with E-state index in [9.17, 15) is 4.79 Å². The Kier molecular flexibility index (Phi) is 6.23. The molecule has 0 aliphatic heterocycles. The van der Waals surface area contributed by atoms with Crippen molar-refractivity contribution in [2.45, 2.75) is 20.1 Å². The molecule has 0 aliphatic rings. The Labute approximate surface area is 188 Å². The number of hydrogen-bond acceptors (Lipinski definition) is 4. The number of hydrogen-bond donors (Lipinski definition) is 1. The normalized spacial score (nSPS) is 10.8. The van der Waals surface area contributed by atoms with E-state index < -0.39 is 0 Å². The van der Waals surface area contributed by atoms with Crippen LogP contribution < -0.4 is 14.8 Å². The third-order valence-corrected chi connectivity index (χ3v) is 6.02. The van der Waals surface area contributed by atoms with E-state index in [0.29, 0.717) is 23.8 Å². The summed E-state index contributed by atoms with van der Waals surface area (Å²) >= 11 is 3.63. The minimum absolute atomic E-state index is 0.125. The maximum absolute atomic E-state index is 12.8. The fraction of sp³-hybridized carbons (Fsp3) is 0.167. The van der Waals surface area contributed by atoms with Crippen LogP contribution in [0.15, 0.2) is 71.5 Å². The lowest BCUT2D eigenvalue weighted by molar-refractivity contribution is -0.116. The number of rotatable bonds is 7. The largest absolute Gasteiger partial charge is 0.493 e. The molecule has 0 atom stereocenters. The second kappa shape index (κ2) is 9.22. The number of carbonyl (C=O) groups is 1. The van der Waals surface area contributed by atoms with Crippen LogP contribution in [0.25, 0.3) is 10.9 Å². The molecule has 0 spiro atoms. The van der Waals surface area contributed by atoms with Gasteiger partial charge in [-0.2, -0.15) is 0 Å². The molecule has 4 aromatic rings. The summed E-state index contributed by atoms with van der Waals surface area (Å²) in [6.07, 6.45) is 3.47. The van der Waals surface area contributed by atoms with Crippen molar-refractivity contribution in [3.05, 3.63) is 82.7 Å². The predicted octanol–water partition coefficient (Wildman–Crippen LogP) is 5.33. The Hall–Kier alpha value is -3.32. The van der Waals surface area contributed by atoms with E-state index in [0.717, 1.165) is 26.6 Å². The summed E-state index contributed by atoms with van der Waals surface area (Å²) in [5, 5.41) is 4.04. The van der Waals surface area contributed by atoms with Crippen LogP contribution in [0.2, 0.25) is 0 Å². The average molecular weight is 480 g/mol. The minimum Gasteiger partial charge on any atom is -0.493 e. The number of methoxy groups -OCH3 is 1. The summed E-state index contributed by atoms with van der Waals surface area (Å²) in [5.41, 5.74) is 3.60. The number of carbonyl (C=O) groups excluding carboxylic acids is 1. The molecule has 1 N–H and O–H groups in total. The second-order valence-corrected chi connectivity index (χ2v) is 7.86. The van der Waals surface area contributed by atoms with E-state index in [1.54, 1.807) is 37.7 Å². The van der Waals surface area contributed by atoms with Crippen molar-refractivity contribution in [3.8, 4) is 11.5 Å². The molecular formula is C24H22BrN3O3. The number of amides is 1. The number of aromatic nitrogens is 2. The topological polar surface area (TPSA) is 65.4 Å². The number of halogens is 1. The highest BCUT2D eigenvalue weighted by Gasteiger charge is 2.15. The highest BCUT2D eigenvalue weighted by atomic mass is 79.9. The SMILES string of the molecule is COc1ccc(NC(=O)Cn2c(C)c(Br)c3ccccc32)cc1OCc1cccnc1. The van der Waals surface area contributed by atoms with Crippen molar-refractivity contribution in [1.29, 1.82) is 0 Å². The Balaban J connectivity index is 1.50. The molecule has 31 heavy (non-hydrogen) atoms. The first-order valence-electron chi connectivity index (χ1n) is 9.79. The molecule has 2 aromatic carbocycles. The fourth-order valence-corrected chi connectivity index (χ4v) is 4.00. The molecule has 4 rings (SSSR count). The second-order valence-electron chi connectivity index (χ2n) is 7.07. The van der Waals surface area contributed by atoms with Crippen molar-refractivity contribution in [3.63, 3.8) is 0 Å². The molecule has 0 aliphatic carbocycles. The van der Waals surface area contributed by atoms with Gasteiger partial charge in [0, 0.05) is 50.8 Å². The van der Waals surface area contributed by atoms with Gasteiger partial charge in [0.2, 0.25) is 5.91 Å². The standard InChI is InChI=1S/C24H22BrN3O3/c1-16-24(25)19-7-3-4-8-20(19)28(16)14-23(29)27-18-9-10-21(30-2)22(12-18)31-15-17-6-5-11-26-13-17/h3-13H,14-15H2,1-2H3,(H,27,29). The summed E-state index contributed by atoms with van der Waals surface area (Å²) in [7, 11) is 1.59. The fourth-order valence-electron chi connectivity index (χ4n) is 3.45. The summed E-state index contributed by atoms with van der Waals surface area (Å²) in [5.74, 6) is 1.02. The molecule has 7 heteroatoms. The number of ether oxygens (including phenoxy) is 2. The van der Waals surface area contributed by atoms with Crippen LogP contribution in [0.4, 0.5) is 5.69 Å². The summed E-state index contributed by atoms with van der Waals surface area (Å²) in [4.78, 5) is 16.9. The Bertz CT molecular complexity index is 1220. The molecule has 0 fully saturated rings. The zero-order chi connectivity index (χ0) is 21.8. The quantitative estimate of drug-likeness (QED) is 0.388. The van der Waals surface area contributed by atoms with Gasteiger partial charge in [0.1, 0.15) is 13.2 Å². The van der Waals surface area contributed by atoms with Gasteiger partial charge >= 0.3 is 0 Å². The Morgan fingerprint density at radius 3 is 2.74 bits per heavy atom. The molecule has 158 valence electrons. The smallest absolute Gasteiger partial charge is 0.244 e. The first kappa shape index (κ1) is 20.9. The number of anilines is 1. The van der Waals surface area contributed by atoms with Gasteiger partial charge < -0.3 is 19.4 Å². The third-order valence-electron chi connectivity index (χ3n) is 5.02. The lowest BCUT2D eigenvalue weighted by Gasteiger charge is -2.14. The molecule has 0 saturated carbocycles. The predicted molar refractivity (Wildman–Crippen MR) is 125 cm³/mol. The maximum atomic E-state index is 12.8. The van der Waals surface area contributed by atoms with Crippen molar-refractivity contribution >= 4 is 38.4 Å². The van der Waals surface area contributed by atoms with E-state index in [-0.39, 0.29) is 12.5 Å². The summed E-state index contributed by atoms with van der Waals surface area (Å²) in [6.45, 7) is 2.55. The molecule has 0 unspecified atom stereocenters. The van der Waals surface area contributed by atoms with Crippen LogP contribution in [-0.4, -0.2) is 22.6 Å². The number of nitrogens with one attached hydrogen (secondary N) is 1. The number of pyridine rings is 1. The van der Waals surface area contributed by atoms with Crippen LogP contribution >= 0.6 is 15.9 Å². The minimum atomic E-state index is -0.125. The van der Waals surface area contributed by atoms with Gasteiger partial charge in [0.15, 0.2) is 11.5 Å². The maximum Gasteiger partial charge on any atom is 0.244 e. The van der Waals surface area contributed by atoms with E-state index in [4.69, 9.17) is 9.47 Å². The van der Waals surface area contributed by atoms with Gasteiger partial charge in [-0.1, -0.05) is 24.3 Å². The number of benzene rings is 2. The van der Waals surface area contributed by atoms with Crippen LogP contribution in [0.5, 0.6) is 11.5 Å². The highest BCUT2D eigenvalue weighted by Crippen LogP contribution is 2.32. The molecule has 6 nitrogen and oxygen atoms in total. The number of para-hydroxylation sites is 1.